The second-order valence-corrected chi connectivity index (χ2v) is 6.50. The Morgan fingerprint density at radius 1 is 1.30 bits per heavy atom. The number of nitrogens with one attached hydrogen (secondary N) is 1. The van der Waals surface area contributed by atoms with Crippen LogP contribution in [0, 0.1) is 11.3 Å². The third-order valence-corrected chi connectivity index (χ3v) is 4.71. The molecule has 0 spiro atoms. The minimum absolute atomic E-state index is 0.0888. The first kappa shape index (κ1) is 13.3. The minimum atomic E-state index is 0.0888. The Balaban J connectivity index is 1.94. The van der Waals surface area contributed by atoms with Crippen molar-refractivity contribution in [2.45, 2.75) is 26.3 Å². The van der Waals surface area contributed by atoms with Gasteiger partial charge in [-0.05, 0) is 36.1 Å². The topological polar surface area (TPSA) is 41.6 Å². The maximum Gasteiger partial charge on any atom is 0.224 e. The molecule has 3 saturated heterocycles. The lowest BCUT2D eigenvalue weighted by atomic mass is 9.73. The molecule has 2 bridgehead atoms. The maximum atomic E-state index is 12.1. The van der Waals surface area contributed by atoms with Crippen LogP contribution in [0.2, 0.25) is 0 Å². The van der Waals surface area contributed by atoms with Gasteiger partial charge in [0, 0.05) is 18.8 Å². The molecular formula is C16H22N2O2. The molecule has 3 fully saturated rings. The summed E-state index contributed by atoms with van der Waals surface area (Å²) in [7, 11) is 1.68. The van der Waals surface area contributed by atoms with Crippen LogP contribution in [0.15, 0.2) is 24.3 Å². The summed E-state index contributed by atoms with van der Waals surface area (Å²) >= 11 is 0. The lowest BCUT2D eigenvalue weighted by Crippen LogP contribution is -2.53. The largest absolute Gasteiger partial charge is 0.497 e. The quantitative estimate of drug-likeness (QED) is 0.897. The molecule has 1 amide bonds. The molecule has 4 rings (SSSR count). The van der Waals surface area contributed by atoms with Gasteiger partial charge >= 0.3 is 0 Å². The summed E-state index contributed by atoms with van der Waals surface area (Å²) in [6.45, 7) is 6.07. The molecule has 1 aromatic carbocycles. The normalized spacial score (nSPS) is 27.9. The van der Waals surface area contributed by atoms with Crippen LogP contribution in [0.25, 0.3) is 0 Å². The summed E-state index contributed by atoms with van der Waals surface area (Å²) in [4.78, 5) is 14.5. The Morgan fingerprint density at radius 3 is 2.65 bits per heavy atom. The SMILES string of the molecule is COc1ccc(N2CC3CC(C)(C)C2CNC3=O)cc1. The number of carbonyl (C=O) groups excluding carboxylic acids is 1. The third-order valence-electron chi connectivity index (χ3n) is 4.71. The third kappa shape index (κ3) is 2.13. The van der Waals surface area contributed by atoms with E-state index in [0.717, 1.165) is 25.3 Å². The lowest BCUT2D eigenvalue weighted by molar-refractivity contribution is -0.124. The first-order valence-electron chi connectivity index (χ1n) is 7.20. The fourth-order valence-corrected chi connectivity index (χ4v) is 3.58. The smallest absolute Gasteiger partial charge is 0.224 e. The Kier molecular flexibility index (Phi) is 3.11. The number of nitrogens with zero attached hydrogens (tertiary/aromatic N) is 1. The van der Waals surface area contributed by atoms with E-state index in [1.807, 2.05) is 12.1 Å². The highest BCUT2D eigenvalue weighted by Gasteiger charge is 2.46. The number of rotatable bonds is 2. The van der Waals surface area contributed by atoms with Gasteiger partial charge in [-0.3, -0.25) is 4.79 Å². The zero-order valence-electron chi connectivity index (χ0n) is 12.3. The molecule has 1 N–H and O–H groups in total. The van der Waals surface area contributed by atoms with E-state index in [9.17, 15) is 4.79 Å². The molecule has 0 aliphatic carbocycles. The van der Waals surface area contributed by atoms with Gasteiger partial charge in [0.05, 0.1) is 19.1 Å². The average Bonchev–Trinajstić information content (AvgIpc) is 2.65. The van der Waals surface area contributed by atoms with Gasteiger partial charge in [-0.15, -0.1) is 0 Å². The van der Waals surface area contributed by atoms with E-state index in [1.54, 1.807) is 7.11 Å². The van der Waals surface area contributed by atoms with Crippen LogP contribution < -0.4 is 15.0 Å². The summed E-state index contributed by atoms with van der Waals surface area (Å²) in [5.74, 6) is 1.16. The summed E-state index contributed by atoms with van der Waals surface area (Å²) in [6.07, 6.45) is 0.968. The van der Waals surface area contributed by atoms with E-state index in [1.165, 1.54) is 5.69 Å². The van der Waals surface area contributed by atoms with Crippen molar-refractivity contribution in [2.75, 3.05) is 25.1 Å². The van der Waals surface area contributed by atoms with Crippen LogP contribution in [0.5, 0.6) is 5.75 Å². The molecular weight excluding hydrogens is 252 g/mol. The van der Waals surface area contributed by atoms with Crippen molar-refractivity contribution in [3.05, 3.63) is 24.3 Å². The molecule has 0 saturated carbocycles. The summed E-state index contributed by atoms with van der Waals surface area (Å²) < 4.78 is 5.22. The number of fused-ring (bicyclic) bond motifs is 4. The number of piperidine rings is 1. The number of hydrogen-bond acceptors (Lipinski definition) is 3. The molecule has 3 heterocycles. The summed E-state index contributed by atoms with van der Waals surface area (Å²) in [6, 6.07) is 8.48. The Hall–Kier alpha value is -1.71. The summed E-state index contributed by atoms with van der Waals surface area (Å²) in [5.41, 5.74) is 1.31. The standard InChI is InChI=1S/C16H22N2O2/c1-16(2)8-11-10-18(14(16)9-17-15(11)19)12-4-6-13(20-3)7-5-12/h4-7,11,14H,8-10H2,1-3H3,(H,17,19). The van der Waals surface area contributed by atoms with Crippen molar-refractivity contribution in [3.63, 3.8) is 0 Å². The van der Waals surface area contributed by atoms with Crippen molar-refractivity contribution in [1.29, 1.82) is 0 Å². The fourth-order valence-electron chi connectivity index (χ4n) is 3.58. The average molecular weight is 274 g/mol. The molecule has 20 heavy (non-hydrogen) atoms. The van der Waals surface area contributed by atoms with E-state index >= 15 is 0 Å². The van der Waals surface area contributed by atoms with Crippen molar-refractivity contribution in [2.24, 2.45) is 11.3 Å². The first-order chi connectivity index (χ1) is 9.51. The van der Waals surface area contributed by atoms with Gasteiger partial charge < -0.3 is 15.0 Å². The number of anilines is 1. The molecule has 3 aliphatic heterocycles. The second-order valence-electron chi connectivity index (χ2n) is 6.50. The van der Waals surface area contributed by atoms with Crippen molar-refractivity contribution in [1.82, 2.24) is 5.32 Å². The predicted octanol–water partition coefficient (Wildman–Crippen LogP) is 2.05. The van der Waals surface area contributed by atoms with E-state index in [2.05, 4.69) is 36.2 Å². The van der Waals surface area contributed by atoms with Crippen LogP contribution >= 0.6 is 0 Å². The molecule has 2 atom stereocenters. The van der Waals surface area contributed by atoms with Crippen LogP contribution in [0.3, 0.4) is 0 Å². The number of methoxy groups -OCH3 is 1. The van der Waals surface area contributed by atoms with Crippen LogP contribution in [-0.2, 0) is 4.79 Å². The number of carbonyl (C=O) groups is 1. The van der Waals surface area contributed by atoms with Gasteiger partial charge in [0.2, 0.25) is 5.91 Å². The minimum Gasteiger partial charge on any atom is -0.497 e. The molecule has 108 valence electrons. The van der Waals surface area contributed by atoms with Gasteiger partial charge in [0.1, 0.15) is 5.75 Å². The molecule has 4 heteroatoms. The number of benzene rings is 1. The van der Waals surface area contributed by atoms with Crippen LogP contribution in [0.4, 0.5) is 5.69 Å². The zero-order valence-corrected chi connectivity index (χ0v) is 12.3. The van der Waals surface area contributed by atoms with E-state index in [0.29, 0.717) is 6.04 Å². The second kappa shape index (κ2) is 4.69. The van der Waals surface area contributed by atoms with Crippen LogP contribution in [-0.4, -0.2) is 32.1 Å². The molecule has 0 aromatic heterocycles. The Bertz CT molecular complexity index is 510. The zero-order chi connectivity index (χ0) is 14.3. The van der Waals surface area contributed by atoms with Crippen molar-refractivity contribution in [3.8, 4) is 5.75 Å². The highest BCUT2D eigenvalue weighted by molar-refractivity contribution is 5.81. The Labute approximate surface area is 120 Å². The molecule has 0 radical (unpaired) electrons. The van der Waals surface area contributed by atoms with Crippen molar-refractivity contribution < 1.29 is 9.53 Å². The number of amides is 1. The van der Waals surface area contributed by atoms with Gasteiger partial charge in [0.15, 0.2) is 0 Å². The first-order valence-corrected chi connectivity index (χ1v) is 7.20. The molecule has 4 nitrogen and oxygen atoms in total. The van der Waals surface area contributed by atoms with Gasteiger partial charge in [-0.2, -0.15) is 0 Å². The fraction of sp³-hybridized carbons (Fsp3) is 0.562. The number of hydrogen-bond donors (Lipinski definition) is 1. The molecule has 3 aliphatic rings. The summed E-state index contributed by atoms with van der Waals surface area (Å²) in [5, 5.41) is 3.08. The van der Waals surface area contributed by atoms with Gasteiger partial charge in [-0.25, -0.2) is 0 Å². The predicted molar refractivity (Wildman–Crippen MR) is 79.0 cm³/mol. The molecule has 1 aromatic rings. The monoisotopic (exact) mass is 274 g/mol. The van der Waals surface area contributed by atoms with E-state index < -0.39 is 0 Å². The lowest BCUT2D eigenvalue weighted by Gasteiger charge is -2.47. The van der Waals surface area contributed by atoms with Crippen LogP contribution in [0.1, 0.15) is 20.3 Å². The highest BCUT2D eigenvalue weighted by atomic mass is 16.5. The van der Waals surface area contributed by atoms with Gasteiger partial charge in [-0.1, -0.05) is 13.8 Å². The molecule has 2 unspecified atom stereocenters. The van der Waals surface area contributed by atoms with Gasteiger partial charge in [0.25, 0.3) is 0 Å². The van der Waals surface area contributed by atoms with E-state index in [-0.39, 0.29) is 17.2 Å². The van der Waals surface area contributed by atoms with E-state index in [4.69, 9.17) is 4.74 Å². The highest BCUT2D eigenvalue weighted by Crippen LogP contribution is 2.41. The maximum absolute atomic E-state index is 12.1. The Morgan fingerprint density at radius 2 is 2.00 bits per heavy atom. The number of ether oxygens (including phenoxy) is 1. The van der Waals surface area contributed by atoms with Crippen molar-refractivity contribution >= 4 is 11.6 Å².